The molecule has 0 fully saturated rings. The lowest BCUT2D eigenvalue weighted by atomic mass is 10.1. The Balaban J connectivity index is 2.27. The molecule has 1 heterocycles. The van der Waals surface area contributed by atoms with Crippen molar-refractivity contribution < 1.29 is 9.18 Å². The van der Waals surface area contributed by atoms with Gasteiger partial charge in [0.15, 0.2) is 5.78 Å². The summed E-state index contributed by atoms with van der Waals surface area (Å²) in [5, 5.41) is 0.276. The number of thiophene rings is 1. The quantitative estimate of drug-likeness (QED) is 0.609. The third kappa shape index (κ3) is 3.02. The number of ketones is 1. The zero-order valence-electron chi connectivity index (χ0n) is 8.84. The van der Waals surface area contributed by atoms with Crippen molar-refractivity contribution in [3.8, 4) is 0 Å². The zero-order valence-corrected chi connectivity index (χ0v) is 13.6. The van der Waals surface area contributed by atoms with Crippen molar-refractivity contribution in [3.63, 3.8) is 0 Å². The number of carbonyl (C=O) groups is 1. The molecule has 0 unspecified atom stereocenters. The largest absolute Gasteiger partial charge is 0.293 e. The summed E-state index contributed by atoms with van der Waals surface area (Å²) >= 11 is 13.8. The maximum atomic E-state index is 13.6. The van der Waals surface area contributed by atoms with E-state index in [1.807, 2.05) is 0 Å². The van der Waals surface area contributed by atoms with Crippen molar-refractivity contribution in [3.05, 3.63) is 53.8 Å². The van der Waals surface area contributed by atoms with Crippen LogP contribution in [0.4, 0.5) is 4.39 Å². The Morgan fingerprint density at radius 2 is 2.11 bits per heavy atom. The molecule has 1 aromatic heterocycles. The second-order valence-electron chi connectivity index (χ2n) is 3.53. The summed E-state index contributed by atoms with van der Waals surface area (Å²) in [4.78, 5) is 12.6. The van der Waals surface area contributed by atoms with Gasteiger partial charge >= 0.3 is 0 Å². The molecule has 0 N–H and O–H groups in total. The molecule has 0 spiro atoms. The number of benzene rings is 1. The van der Waals surface area contributed by atoms with Gasteiger partial charge in [0.05, 0.1) is 8.66 Å². The molecule has 1 aromatic carbocycles. The fourth-order valence-corrected chi connectivity index (χ4v) is 3.64. The lowest BCUT2D eigenvalue weighted by Crippen LogP contribution is -2.04. The van der Waals surface area contributed by atoms with Gasteiger partial charge in [0.2, 0.25) is 0 Å². The average Bonchev–Trinajstić information content (AvgIpc) is 2.64. The first-order valence-electron chi connectivity index (χ1n) is 4.90. The third-order valence-corrected chi connectivity index (χ3v) is 5.97. The minimum absolute atomic E-state index is 0.0368. The number of hydrogen-bond donors (Lipinski definition) is 0. The van der Waals surface area contributed by atoms with Gasteiger partial charge in [-0.15, -0.1) is 11.3 Å². The van der Waals surface area contributed by atoms with E-state index in [-0.39, 0.29) is 22.8 Å². The highest BCUT2D eigenvalue weighted by Crippen LogP contribution is 2.33. The van der Waals surface area contributed by atoms with E-state index in [1.165, 1.54) is 23.5 Å². The van der Waals surface area contributed by atoms with E-state index in [0.717, 1.165) is 8.26 Å². The topological polar surface area (TPSA) is 17.1 Å². The van der Waals surface area contributed by atoms with Crippen LogP contribution < -0.4 is 0 Å². The van der Waals surface area contributed by atoms with E-state index < -0.39 is 5.82 Å². The molecule has 0 saturated carbocycles. The van der Waals surface area contributed by atoms with Crippen molar-refractivity contribution in [2.75, 3.05) is 0 Å². The summed E-state index contributed by atoms with van der Waals surface area (Å²) in [6, 6.07) is 6.11. The van der Waals surface area contributed by atoms with E-state index in [2.05, 4.69) is 31.9 Å². The standard InChI is InChI=1S/C12H6Br2ClFOS/c13-7-5-11(18-12(7)14)10(17)4-6-8(15)2-1-3-9(6)16/h1-3,5H,4H2. The van der Waals surface area contributed by atoms with Crippen molar-refractivity contribution in [2.24, 2.45) is 0 Å². The average molecular weight is 413 g/mol. The molecular weight excluding hydrogens is 406 g/mol. The number of rotatable bonds is 3. The zero-order chi connectivity index (χ0) is 13.3. The van der Waals surface area contributed by atoms with Crippen molar-refractivity contribution >= 4 is 60.6 Å². The molecule has 0 bridgehead atoms. The first-order valence-corrected chi connectivity index (χ1v) is 7.68. The van der Waals surface area contributed by atoms with Crippen LogP contribution in [0.3, 0.4) is 0 Å². The summed E-state index contributed by atoms with van der Waals surface area (Å²) < 4.78 is 15.2. The number of carbonyl (C=O) groups excluding carboxylic acids is 1. The molecule has 0 amide bonds. The Hall–Kier alpha value is -0.230. The smallest absolute Gasteiger partial charge is 0.177 e. The molecule has 0 atom stereocenters. The van der Waals surface area contributed by atoms with E-state index in [1.54, 1.807) is 12.1 Å². The molecule has 0 aliphatic rings. The Morgan fingerprint density at radius 3 is 2.67 bits per heavy atom. The Bertz CT molecular complexity index is 572. The highest BCUT2D eigenvalue weighted by molar-refractivity contribution is 9.13. The van der Waals surface area contributed by atoms with E-state index in [9.17, 15) is 9.18 Å². The lowest BCUT2D eigenvalue weighted by molar-refractivity contribution is 0.0995. The SMILES string of the molecule is O=C(Cc1c(F)cccc1Cl)c1cc(Br)c(Br)s1. The minimum Gasteiger partial charge on any atom is -0.293 e. The summed E-state index contributed by atoms with van der Waals surface area (Å²) in [5.74, 6) is -0.607. The Kier molecular flexibility index (Phi) is 4.59. The van der Waals surface area contributed by atoms with Gasteiger partial charge in [-0.2, -0.15) is 0 Å². The van der Waals surface area contributed by atoms with Gasteiger partial charge in [-0.25, -0.2) is 4.39 Å². The molecule has 6 heteroatoms. The monoisotopic (exact) mass is 410 g/mol. The van der Waals surface area contributed by atoms with Crippen molar-refractivity contribution in [2.45, 2.75) is 6.42 Å². The normalized spacial score (nSPS) is 10.7. The summed E-state index contributed by atoms with van der Waals surface area (Å²) in [7, 11) is 0. The predicted molar refractivity (Wildman–Crippen MR) is 79.2 cm³/mol. The highest BCUT2D eigenvalue weighted by atomic mass is 79.9. The van der Waals surface area contributed by atoms with E-state index >= 15 is 0 Å². The molecule has 2 rings (SSSR count). The van der Waals surface area contributed by atoms with Gasteiger partial charge in [0.25, 0.3) is 0 Å². The van der Waals surface area contributed by atoms with Crippen LogP contribution in [0.1, 0.15) is 15.2 Å². The maximum Gasteiger partial charge on any atom is 0.177 e. The Labute approximate surface area is 129 Å². The molecule has 94 valence electrons. The third-order valence-electron chi connectivity index (χ3n) is 2.32. The maximum absolute atomic E-state index is 13.6. The first-order chi connectivity index (χ1) is 8.49. The molecule has 0 aliphatic heterocycles. The molecule has 0 radical (unpaired) electrons. The molecule has 18 heavy (non-hydrogen) atoms. The fraction of sp³-hybridized carbons (Fsp3) is 0.0833. The van der Waals surface area contributed by atoms with Crippen LogP contribution in [0, 0.1) is 5.82 Å². The van der Waals surface area contributed by atoms with Crippen LogP contribution in [-0.2, 0) is 6.42 Å². The van der Waals surface area contributed by atoms with Crippen molar-refractivity contribution in [1.29, 1.82) is 0 Å². The summed E-state index contributed by atoms with van der Waals surface area (Å²) in [6.07, 6.45) is -0.0368. The predicted octanol–water partition coefficient (Wildman–Crippen LogP) is 5.49. The van der Waals surface area contributed by atoms with E-state index in [4.69, 9.17) is 11.6 Å². The van der Waals surface area contributed by atoms with Crippen LogP contribution in [-0.4, -0.2) is 5.78 Å². The number of Topliss-reactive ketones (excluding diaryl/α,β-unsaturated/α-hetero) is 1. The van der Waals surface area contributed by atoms with Crippen LogP contribution in [0.2, 0.25) is 5.02 Å². The van der Waals surface area contributed by atoms with Crippen molar-refractivity contribution in [1.82, 2.24) is 0 Å². The summed E-state index contributed by atoms with van der Waals surface area (Å²) in [6.45, 7) is 0. The Morgan fingerprint density at radius 1 is 1.39 bits per heavy atom. The molecule has 0 saturated heterocycles. The molecule has 0 aliphatic carbocycles. The van der Waals surface area contributed by atoms with Gasteiger partial charge in [0.1, 0.15) is 5.82 Å². The molecule has 1 nitrogen and oxygen atoms in total. The van der Waals surface area contributed by atoms with Crippen LogP contribution >= 0.6 is 54.8 Å². The van der Waals surface area contributed by atoms with Gasteiger partial charge < -0.3 is 0 Å². The van der Waals surface area contributed by atoms with Gasteiger partial charge in [-0.1, -0.05) is 17.7 Å². The number of hydrogen-bond acceptors (Lipinski definition) is 2. The fourth-order valence-electron chi connectivity index (χ4n) is 1.43. The van der Waals surface area contributed by atoms with Gasteiger partial charge in [0, 0.05) is 21.5 Å². The van der Waals surface area contributed by atoms with Crippen LogP contribution in [0.25, 0.3) is 0 Å². The summed E-state index contributed by atoms with van der Waals surface area (Å²) in [5.41, 5.74) is 0.241. The van der Waals surface area contributed by atoms with Gasteiger partial charge in [-0.3, -0.25) is 4.79 Å². The van der Waals surface area contributed by atoms with Gasteiger partial charge in [-0.05, 0) is 50.1 Å². The lowest BCUT2D eigenvalue weighted by Gasteiger charge is -2.03. The second-order valence-corrected chi connectivity index (χ2v) is 7.16. The minimum atomic E-state index is -0.453. The molecular formula is C12H6Br2ClFOS. The first kappa shape index (κ1) is 14.2. The molecule has 2 aromatic rings. The van der Waals surface area contributed by atoms with Crippen LogP contribution in [0.15, 0.2) is 32.5 Å². The van der Waals surface area contributed by atoms with Crippen LogP contribution in [0.5, 0.6) is 0 Å². The highest BCUT2D eigenvalue weighted by Gasteiger charge is 2.16. The second kappa shape index (κ2) is 5.82. The number of halogens is 4. The van der Waals surface area contributed by atoms with E-state index in [0.29, 0.717) is 4.88 Å².